The van der Waals surface area contributed by atoms with Crippen molar-refractivity contribution in [2.75, 3.05) is 5.33 Å². The van der Waals surface area contributed by atoms with Gasteiger partial charge in [0.05, 0.1) is 5.33 Å². The fourth-order valence-electron chi connectivity index (χ4n) is 0.684. The summed E-state index contributed by atoms with van der Waals surface area (Å²) in [6.07, 6.45) is 0. The fraction of sp³-hybridized carbons (Fsp3) is 1.00. The molecule has 1 unspecified atom stereocenters. The minimum absolute atomic E-state index is 0.372. The van der Waals surface area contributed by atoms with Crippen LogP contribution in [0.25, 0.3) is 0 Å². The van der Waals surface area contributed by atoms with Gasteiger partial charge in [-0.25, -0.2) is 0 Å². The summed E-state index contributed by atoms with van der Waals surface area (Å²) in [6.45, 7) is 4.30. The molecule has 0 aliphatic rings. The lowest BCUT2D eigenvalue weighted by atomic mass is 10.8. The Morgan fingerprint density at radius 2 is 2.09 bits per heavy atom. The normalized spacial score (nSPS) is 14.6. The van der Waals surface area contributed by atoms with Crippen molar-refractivity contribution in [3.63, 3.8) is 0 Å². The maximum Gasteiger partial charge on any atom is 0.247 e. The topological polar surface area (TPSA) is 9.23 Å². The van der Waals surface area contributed by atoms with E-state index in [4.69, 9.17) is 4.74 Å². The summed E-state index contributed by atoms with van der Waals surface area (Å²) in [5.41, 5.74) is 0. The Labute approximate surface area is 99.7 Å². The molecule has 1 atom stereocenters. The minimum atomic E-state index is -0.373. The van der Waals surface area contributed by atoms with Crippen LogP contribution in [-0.4, -0.2) is 28.9 Å². The van der Waals surface area contributed by atoms with E-state index < -0.39 is 0 Å². The van der Waals surface area contributed by atoms with Crippen LogP contribution in [0.15, 0.2) is 0 Å². The van der Waals surface area contributed by atoms with Gasteiger partial charge in [0.15, 0.2) is 3.42 Å². The van der Waals surface area contributed by atoms with Gasteiger partial charge in [-0.2, -0.15) is 0 Å². The highest BCUT2D eigenvalue weighted by Crippen LogP contribution is 2.30. The van der Waals surface area contributed by atoms with Crippen LogP contribution in [0.5, 0.6) is 0 Å². The van der Waals surface area contributed by atoms with Crippen molar-refractivity contribution in [1.29, 1.82) is 0 Å². The zero-order valence-electron chi connectivity index (χ0n) is 6.61. The highest BCUT2D eigenvalue weighted by molar-refractivity contribution is 9.26. The van der Waals surface area contributed by atoms with Crippen LogP contribution in [0.1, 0.15) is 13.8 Å². The molecule has 1 radical (unpaired) electrons. The highest BCUT2D eigenvalue weighted by Gasteiger charge is 2.23. The van der Waals surface area contributed by atoms with Crippen LogP contribution < -0.4 is 0 Å². The van der Waals surface area contributed by atoms with Crippen LogP contribution in [0.2, 0.25) is 5.28 Å². The van der Waals surface area contributed by atoms with Crippen LogP contribution >= 0.6 is 47.8 Å². The molecule has 0 spiro atoms. The third-order valence-electron chi connectivity index (χ3n) is 1.08. The SMILES string of the molecule is C[CH2][Al][CH](C)OC(Br)(Br)CBr. The Hall–Kier alpha value is 1.93. The average molecular weight is 366 g/mol. The van der Waals surface area contributed by atoms with Crippen molar-refractivity contribution in [3.8, 4) is 0 Å². The first kappa shape index (κ1) is 12.9. The Bertz CT molecular complexity index is 110. The summed E-state index contributed by atoms with van der Waals surface area (Å²) < 4.78 is 5.28. The number of alkyl halides is 3. The van der Waals surface area contributed by atoms with Crippen LogP contribution in [0, 0.1) is 0 Å². The van der Waals surface area contributed by atoms with Crippen LogP contribution in [0.3, 0.4) is 0 Å². The maximum absolute atomic E-state index is 5.65. The number of hydrogen-bond acceptors (Lipinski definition) is 1. The van der Waals surface area contributed by atoms with Gasteiger partial charge < -0.3 is 4.74 Å². The first-order chi connectivity index (χ1) is 5.02. The Balaban J connectivity index is 3.64. The van der Waals surface area contributed by atoms with Crippen molar-refractivity contribution in [3.05, 3.63) is 0 Å². The highest BCUT2D eigenvalue weighted by atomic mass is 79.9. The molecule has 5 heteroatoms. The quantitative estimate of drug-likeness (QED) is 0.536. The summed E-state index contributed by atoms with van der Waals surface area (Å²) in [4.78, 5) is 0.372. The molecular weight excluding hydrogens is 355 g/mol. The monoisotopic (exact) mass is 363 g/mol. The predicted octanol–water partition coefficient (Wildman–Crippen LogP) is 3.33. The predicted molar refractivity (Wildman–Crippen MR) is 61.2 cm³/mol. The van der Waals surface area contributed by atoms with E-state index in [0.717, 1.165) is 5.33 Å². The van der Waals surface area contributed by atoms with Gasteiger partial charge in [0.25, 0.3) is 0 Å². The lowest BCUT2D eigenvalue weighted by Gasteiger charge is -2.23. The van der Waals surface area contributed by atoms with Gasteiger partial charge >= 0.3 is 0 Å². The summed E-state index contributed by atoms with van der Waals surface area (Å²) >= 11 is 10.6. The van der Waals surface area contributed by atoms with Gasteiger partial charge in [0.2, 0.25) is 15.2 Å². The standard InChI is InChI=1S/C4H6Br3O.C2H5.Al/c1-2-8-4(6,7)3-5;1-2;/h2H,3H2,1H3;1H2,2H3;. The van der Waals surface area contributed by atoms with Crippen LogP contribution in [0.4, 0.5) is 0 Å². The Kier molecular flexibility index (Phi) is 7.52. The van der Waals surface area contributed by atoms with Gasteiger partial charge in [0, 0.05) is 0 Å². The molecular formula is C6H11AlBr3O. The number of ether oxygens (including phenoxy) is 1. The summed E-state index contributed by atoms with van der Waals surface area (Å²) in [5, 5.41) is 1.98. The minimum Gasteiger partial charge on any atom is -0.366 e. The molecule has 0 saturated carbocycles. The molecule has 1 nitrogen and oxygen atoms in total. The molecule has 0 amide bonds. The number of hydrogen-bond donors (Lipinski definition) is 0. The lowest BCUT2D eigenvalue weighted by molar-refractivity contribution is 0.0965. The zero-order chi connectivity index (χ0) is 8.91. The van der Waals surface area contributed by atoms with Crippen molar-refractivity contribution in [2.24, 2.45) is 0 Å². The smallest absolute Gasteiger partial charge is 0.247 e. The van der Waals surface area contributed by atoms with Crippen molar-refractivity contribution in [1.82, 2.24) is 0 Å². The van der Waals surface area contributed by atoms with Gasteiger partial charge in [-0.3, -0.25) is 0 Å². The van der Waals surface area contributed by atoms with Crippen molar-refractivity contribution < 1.29 is 4.74 Å². The molecule has 65 valence electrons. The van der Waals surface area contributed by atoms with Crippen LogP contribution in [-0.2, 0) is 4.74 Å². The molecule has 0 aliphatic heterocycles. The van der Waals surface area contributed by atoms with E-state index in [2.05, 4.69) is 61.6 Å². The fourth-order valence-corrected chi connectivity index (χ4v) is 2.80. The summed E-state index contributed by atoms with van der Waals surface area (Å²) in [5.74, 6) is 0. The third-order valence-corrected chi connectivity index (χ3v) is 5.58. The van der Waals surface area contributed by atoms with Crippen molar-refractivity contribution >= 4 is 63.0 Å². The lowest BCUT2D eigenvalue weighted by Crippen LogP contribution is -2.28. The van der Waals surface area contributed by atoms with E-state index in [1.54, 1.807) is 0 Å². The molecule has 0 rings (SSSR count). The molecule has 0 aromatic rings. The van der Waals surface area contributed by atoms with Gasteiger partial charge in [-0.1, -0.05) is 29.8 Å². The second kappa shape index (κ2) is 6.40. The Morgan fingerprint density at radius 3 is 2.45 bits per heavy atom. The summed E-state index contributed by atoms with van der Waals surface area (Å²) in [7, 11) is 0. The molecule has 0 N–H and O–H groups in total. The molecule has 11 heavy (non-hydrogen) atoms. The van der Waals surface area contributed by atoms with Gasteiger partial charge in [0.1, 0.15) is 0 Å². The number of rotatable bonds is 5. The molecule has 0 aromatic carbocycles. The first-order valence-corrected chi connectivity index (χ1v) is 7.66. The molecule has 0 heterocycles. The van der Waals surface area contributed by atoms with E-state index in [1.807, 2.05) is 0 Å². The average Bonchev–Trinajstić information content (AvgIpc) is 1.87. The van der Waals surface area contributed by atoms with E-state index in [-0.39, 0.29) is 3.42 Å². The van der Waals surface area contributed by atoms with Crippen molar-refractivity contribution in [2.45, 2.75) is 27.5 Å². The Morgan fingerprint density at radius 1 is 1.55 bits per heavy atom. The second-order valence-electron chi connectivity index (χ2n) is 2.24. The van der Waals surface area contributed by atoms with Gasteiger partial charge in [-0.05, 0) is 36.8 Å². The molecule has 0 aliphatic carbocycles. The zero-order valence-corrected chi connectivity index (χ0v) is 12.5. The first-order valence-electron chi connectivity index (χ1n) is 3.46. The van der Waals surface area contributed by atoms with Gasteiger partial charge in [-0.15, -0.1) is 5.28 Å². The number of halogens is 3. The van der Waals surface area contributed by atoms with E-state index >= 15 is 0 Å². The largest absolute Gasteiger partial charge is 0.366 e. The molecule has 0 bridgehead atoms. The molecule has 0 aromatic heterocycles. The molecule has 0 saturated heterocycles. The van der Waals surface area contributed by atoms with E-state index in [0.29, 0.717) is 20.2 Å². The third kappa shape index (κ3) is 7.04. The molecule has 0 fully saturated rings. The van der Waals surface area contributed by atoms with E-state index in [1.165, 1.54) is 5.28 Å². The maximum atomic E-state index is 5.65. The summed E-state index contributed by atoms with van der Waals surface area (Å²) in [6, 6.07) is 0. The second-order valence-corrected chi connectivity index (χ2v) is 8.65. The van der Waals surface area contributed by atoms with E-state index in [9.17, 15) is 0 Å².